The Morgan fingerprint density at radius 3 is 2.96 bits per heavy atom. The highest BCUT2D eigenvalue weighted by atomic mass is 16.5. The van der Waals surface area contributed by atoms with E-state index in [-0.39, 0.29) is 5.57 Å². The third-order valence-electron chi connectivity index (χ3n) is 3.47. The molecule has 0 radical (unpaired) electrons. The molecule has 0 aliphatic rings. The summed E-state index contributed by atoms with van der Waals surface area (Å²) in [4.78, 5) is 15.6. The highest BCUT2D eigenvalue weighted by Gasteiger charge is 2.16. The highest BCUT2D eigenvalue weighted by Crippen LogP contribution is 2.25. The number of hydrogen-bond acceptors (Lipinski definition) is 4. The van der Waals surface area contributed by atoms with Crippen LogP contribution in [0.15, 0.2) is 23.9 Å². The van der Waals surface area contributed by atoms with Crippen LogP contribution in [0.5, 0.6) is 5.88 Å². The van der Waals surface area contributed by atoms with E-state index >= 15 is 0 Å². The topological polar surface area (TPSA) is 87.6 Å². The second-order valence-corrected chi connectivity index (χ2v) is 5.22. The Bertz CT molecular complexity index is 784. The number of aryl methyl sites for hydroxylation is 1. The molecule has 0 aromatic carbocycles. The van der Waals surface area contributed by atoms with Crippen LogP contribution in [-0.2, 0) is 4.79 Å². The number of nitrogens with zero attached hydrogens (tertiary/aromatic N) is 3. The Labute approximate surface area is 134 Å². The predicted octanol–water partition coefficient (Wildman–Crippen LogP) is 3.20. The molecule has 2 rings (SSSR count). The molecule has 0 aliphatic carbocycles. The van der Waals surface area contributed by atoms with Gasteiger partial charge in [-0.15, -0.1) is 0 Å². The van der Waals surface area contributed by atoms with Crippen molar-refractivity contribution in [2.24, 2.45) is 0 Å². The number of imidazole rings is 1. The van der Waals surface area contributed by atoms with Crippen LogP contribution in [0, 0.1) is 18.3 Å². The highest BCUT2D eigenvalue weighted by molar-refractivity contribution is 5.96. The number of rotatable bonds is 7. The largest absolute Gasteiger partial charge is 0.477 e. The summed E-state index contributed by atoms with van der Waals surface area (Å²) in [6, 6.07) is 5.45. The molecule has 0 bridgehead atoms. The Morgan fingerprint density at radius 1 is 1.52 bits per heavy atom. The molecule has 6 heteroatoms. The number of carbonyl (C=O) groups is 1. The molecular formula is C17H19N3O3. The minimum Gasteiger partial charge on any atom is -0.477 e. The Balaban J connectivity index is 2.48. The van der Waals surface area contributed by atoms with Crippen LogP contribution in [0.2, 0.25) is 0 Å². The summed E-state index contributed by atoms with van der Waals surface area (Å²) < 4.78 is 7.47. The quantitative estimate of drug-likeness (QED) is 0.482. The van der Waals surface area contributed by atoms with E-state index in [2.05, 4.69) is 11.9 Å². The van der Waals surface area contributed by atoms with Crippen molar-refractivity contribution in [1.29, 1.82) is 5.26 Å². The van der Waals surface area contributed by atoms with Crippen molar-refractivity contribution in [1.82, 2.24) is 9.38 Å². The molecule has 2 aromatic heterocycles. The summed E-state index contributed by atoms with van der Waals surface area (Å²) in [6.45, 7) is 4.53. The van der Waals surface area contributed by atoms with Gasteiger partial charge < -0.3 is 9.84 Å². The van der Waals surface area contributed by atoms with Gasteiger partial charge in [0.15, 0.2) is 0 Å². The van der Waals surface area contributed by atoms with Crippen LogP contribution < -0.4 is 4.74 Å². The second kappa shape index (κ2) is 7.45. The molecule has 0 fully saturated rings. The third kappa shape index (κ3) is 3.69. The summed E-state index contributed by atoms with van der Waals surface area (Å²) in [6.07, 6.45) is 6.11. The van der Waals surface area contributed by atoms with E-state index in [0.29, 0.717) is 23.8 Å². The van der Waals surface area contributed by atoms with Crippen molar-refractivity contribution in [2.75, 3.05) is 6.61 Å². The van der Waals surface area contributed by atoms with E-state index in [1.807, 2.05) is 19.1 Å². The van der Waals surface area contributed by atoms with Gasteiger partial charge >= 0.3 is 5.97 Å². The number of hydrogen-bond donors (Lipinski definition) is 1. The molecule has 0 spiro atoms. The zero-order chi connectivity index (χ0) is 16.8. The minimum absolute atomic E-state index is 0.351. The lowest BCUT2D eigenvalue weighted by Crippen LogP contribution is -2.01. The van der Waals surface area contributed by atoms with Gasteiger partial charge in [0.05, 0.1) is 6.61 Å². The monoisotopic (exact) mass is 313 g/mol. The zero-order valence-corrected chi connectivity index (χ0v) is 13.2. The standard InChI is InChI=1S/C17H19N3O3/c1-3-4-5-9-23-16-14(10-13(11-18)17(21)22)20-8-6-7-12(2)15(20)19-16/h6-8,10H,3-5,9H2,1-2H3,(H,21,22)/b13-10+. The summed E-state index contributed by atoms with van der Waals surface area (Å²) in [5.74, 6) is -0.920. The van der Waals surface area contributed by atoms with E-state index in [0.717, 1.165) is 24.8 Å². The molecule has 0 saturated carbocycles. The molecule has 1 N–H and O–H groups in total. The normalized spacial score (nSPS) is 11.4. The van der Waals surface area contributed by atoms with Crippen molar-refractivity contribution in [3.05, 3.63) is 35.2 Å². The van der Waals surface area contributed by atoms with Crippen LogP contribution in [0.25, 0.3) is 11.7 Å². The number of carboxylic acid groups (broad SMARTS) is 1. The molecule has 2 heterocycles. The van der Waals surface area contributed by atoms with Crippen molar-refractivity contribution < 1.29 is 14.6 Å². The van der Waals surface area contributed by atoms with Gasteiger partial charge in [-0.25, -0.2) is 4.79 Å². The second-order valence-electron chi connectivity index (χ2n) is 5.22. The summed E-state index contributed by atoms with van der Waals surface area (Å²) in [5, 5.41) is 18.1. The maximum atomic E-state index is 11.1. The maximum absolute atomic E-state index is 11.1. The molecule has 23 heavy (non-hydrogen) atoms. The first-order chi connectivity index (χ1) is 11.1. The van der Waals surface area contributed by atoms with Gasteiger partial charge in [-0.2, -0.15) is 10.2 Å². The van der Waals surface area contributed by atoms with Crippen molar-refractivity contribution in [3.8, 4) is 11.9 Å². The van der Waals surface area contributed by atoms with Gasteiger partial charge in [-0.3, -0.25) is 4.40 Å². The number of carboxylic acids is 1. The molecule has 0 amide bonds. The van der Waals surface area contributed by atoms with Gasteiger partial charge in [-0.1, -0.05) is 25.8 Å². The third-order valence-corrected chi connectivity index (χ3v) is 3.47. The Morgan fingerprint density at radius 2 is 2.30 bits per heavy atom. The Hall–Kier alpha value is -2.81. The first kappa shape index (κ1) is 16.6. The van der Waals surface area contributed by atoms with Crippen molar-refractivity contribution in [3.63, 3.8) is 0 Å². The number of unbranched alkanes of at least 4 members (excludes halogenated alkanes) is 2. The number of aromatic nitrogens is 2. The lowest BCUT2D eigenvalue weighted by Gasteiger charge is -2.04. The molecule has 0 unspecified atom stereocenters. The van der Waals surface area contributed by atoms with Gasteiger partial charge in [0.1, 0.15) is 23.0 Å². The van der Waals surface area contributed by atoms with Crippen molar-refractivity contribution >= 4 is 17.7 Å². The number of ether oxygens (including phenoxy) is 1. The fourth-order valence-corrected chi connectivity index (χ4v) is 2.24. The maximum Gasteiger partial charge on any atom is 0.346 e. The molecule has 0 aliphatic heterocycles. The summed E-state index contributed by atoms with van der Waals surface area (Å²) in [7, 11) is 0. The fraction of sp³-hybridized carbons (Fsp3) is 0.353. The molecule has 0 atom stereocenters. The number of fused-ring (bicyclic) bond motifs is 1. The van der Waals surface area contributed by atoms with Gasteiger partial charge in [0.25, 0.3) is 0 Å². The van der Waals surface area contributed by atoms with Crippen LogP contribution in [-0.4, -0.2) is 27.1 Å². The van der Waals surface area contributed by atoms with Crippen LogP contribution in [0.4, 0.5) is 0 Å². The average Bonchev–Trinajstić information content (AvgIpc) is 2.88. The SMILES string of the molecule is CCCCCOc1nc2c(C)cccn2c1/C=C(\C#N)C(=O)O. The number of pyridine rings is 1. The lowest BCUT2D eigenvalue weighted by atomic mass is 10.2. The molecule has 2 aromatic rings. The molecular weight excluding hydrogens is 294 g/mol. The fourth-order valence-electron chi connectivity index (χ4n) is 2.24. The van der Waals surface area contributed by atoms with Crippen LogP contribution in [0.3, 0.4) is 0 Å². The zero-order valence-electron chi connectivity index (χ0n) is 13.2. The van der Waals surface area contributed by atoms with E-state index < -0.39 is 5.97 Å². The lowest BCUT2D eigenvalue weighted by molar-refractivity contribution is -0.132. The van der Waals surface area contributed by atoms with Crippen LogP contribution >= 0.6 is 0 Å². The van der Waals surface area contributed by atoms with Crippen LogP contribution in [0.1, 0.15) is 37.4 Å². The summed E-state index contributed by atoms with van der Waals surface area (Å²) >= 11 is 0. The predicted molar refractivity (Wildman–Crippen MR) is 86.2 cm³/mol. The minimum atomic E-state index is -1.27. The van der Waals surface area contributed by atoms with E-state index in [9.17, 15) is 4.79 Å². The summed E-state index contributed by atoms with van der Waals surface area (Å²) in [5.41, 5.74) is 1.75. The first-order valence-corrected chi connectivity index (χ1v) is 7.54. The average molecular weight is 313 g/mol. The van der Waals surface area contributed by atoms with Gasteiger partial charge in [0, 0.05) is 6.20 Å². The van der Waals surface area contributed by atoms with E-state index in [1.54, 1.807) is 16.7 Å². The smallest absolute Gasteiger partial charge is 0.346 e. The first-order valence-electron chi connectivity index (χ1n) is 7.54. The van der Waals surface area contributed by atoms with Gasteiger partial charge in [-0.05, 0) is 31.1 Å². The molecule has 0 saturated heterocycles. The van der Waals surface area contributed by atoms with E-state index in [4.69, 9.17) is 15.1 Å². The van der Waals surface area contributed by atoms with Crippen molar-refractivity contribution in [2.45, 2.75) is 33.1 Å². The van der Waals surface area contributed by atoms with E-state index in [1.165, 1.54) is 6.08 Å². The number of aliphatic carboxylic acids is 1. The molecule has 120 valence electrons. The molecule has 6 nitrogen and oxygen atoms in total. The van der Waals surface area contributed by atoms with Gasteiger partial charge in [0.2, 0.25) is 5.88 Å². The number of nitriles is 1. The Kier molecular flexibility index (Phi) is 5.36.